The smallest absolute Gasteiger partial charge is 0.272 e. The summed E-state index contributed by atoms with van der Waals surface area (Å²) in [6.45, 7) is 1.72. The molecule has 0 aliphatic heterocycles. The van der Waals surface area contributed by atoms with E-state index in [0.29, 0.717) is 5.75 Å². The lowest BCUT2D eigenvalue weighted by Crippen LogP contribution is -2.27. The van der Waals surface area contributed by atoms with Crippen LogP contribution in [0.2, 0.25) is 0 Å². The zero-order chi connectivity index (χ0) is 18.3. The Hall–Kier alpha value is -2.28. The molecule has 0 saturated carbocycles. The SMILES string of the molecule is CC(SCc1ccccc1)C(=O)N/N=C/c1ccccc1C(F)(F)F. The Bertz CT molecular complexity index is 733. The maximum Gasteiger partial charge on any atom is 0.417 e. The topological polar surface area (TPSA) is 41.5 Å². The van der Waals surface area contributed by atoms with E-state index in [2.05, 4.69) is 10.5 Å². The number of amides is 1. The van der Waals surface area contributed by atoms with E-state index < -0.39 is 11.7 Å². The molecule has 0 radical (unpaired) electrons. The van der Waals surface area contributed by atoms with Crippen molar-refractivity contribution in [2.75, 3.05) is 0 Å². The molecule has 1 amide bonds. The van der Waals surface area contributed by atoms with Crippen LogP contribution in [-0.4, -0.2) is 17.4 Å². The van der Waals surface area contributed by atoms with E-state index in [1.54, 1.807) is 6.92 Å². The number of hydrogen-bond acceptors (Lipinski definition) is 3. The van der Waals surface area contributed by atoms with Crippen LogP contribution in [0.1, 0.15) is 23.6 Å². The molecule has 2 aromatic rings. The van der Waals surface area contributed by atoms with Crippen LogP contribution in [-0.2, 0) is 16.7 Å². The first-order chi connectivity index (χ1) is 11.9. The molecule has 3 nitrogen and oxygen atoms in total. The highest BCUT2D eigenvalue weighted by atomic mass is 32.2. The summed E-state index contributed by atoms with van der Waals surface area (Å²) in [5.41, 5.74) is 2.49. The lowest BCUT2D eigenvalue weighted by Gasteiger charge is -2.10. The molecule has 25 heavy (non-hydrogen) atoms. The molecule has 0 aromatic heterocycles. The standard InChI is InChI=1S/C18H17F3N2OS/c1-13(25-12-14-7-3-2-4-8-14)17(24)23-22-11-15-9-5-6-10-16(15)18(19,20)21/h2-11,13H,12H2,1H3,(H,23,24)/b22-11+. The van der Waals surface area contributed by atoms with Gasteiger partial charge in [0.1, 0.15) is 0 Å². The number of halogens is 3. The van der Waals surface area contributed by atoms with Crippen molar-refractivity contribution in [3.05, 3.63) is 71.3 Å². The van der Waals surface area contributed by atoms with Gasteiger partial charge in [0.25, 0.3) is 5.91 Å². The van der Waals surface area contributed by atoms with E-state index in [1.807, 2.05) is 30.3 Å². The van der Waals surface area contributed by atoms with Gasteiger partial charge in [0.15, 0.2) is 0 Å². The van der Waals surface area contributed by atoms with E-state index in [1.165, 1.54) is 30.0 Å². The van der Waals surface area contributed by atoms with Crippen molar-refractivity contribution in [3.63, 3.8) is 0 Å². The van der Waals surface area contributed by atoms with Crippen molar-refractivity contribution in [1.29, 1.82) is 0 Å². The van der Waals surface area contributed by atoms with Gasteiger partial charge in [0.05, 0.1) is 17.0 Å². The van der Waals surface area contributed by atoms with Crippen molar-refractivity contribution in [2.45, 2.75) is 24.1 Å². The van der Waals surface area contributed by atoms with E-state index in [9.17, 15) is 18.0 Å². The minimum atomic E-state index is -4.47. The van der Waals surface area contributed by atoms with Gasteiger partial charge in [0.2, 0.25) is 0 Å². The summed E-state index contributed by atoms with van der Waals surface area (Å²) in [6, 6.07) is 14.7. The number of carbonyl (C=O) groups excluding carboxylic acids is 1. The molecule has 0 fully saturated rings. The quantitative estimate of drug-likeness (QED) is 0.605. The Morgan fingerprint density at radius 1 is 1.16 bits per heavy atom. The van der Waals surface area contributed by atoms with Crippen LogP contribution in [0.3, 0.4) is 0 Å². The average molecular weight is 366 g/mol. The molecule has 1 unspecified atom stereocenters. The largest absolute Gasteiger partial charge is 0.417 e. The molecule has 0 heterocycles. The van der Waals surface area contributed by atoms with Crippen LogP contribution in [0, 0.1) is 0 Å². The predicted octanol–water partition coefficient (Wildman–Crippen LogP) is 4.48. The maximum atomic E-state index is 12.9. The first-order valence-corrected chi connectivity index (χ1v) is 8.57. The second-order valence-corrected chi connectivity index (χ2v) is 6.59. The van der Waals surface area contributed by atoms with Crippen molar-refractivity contribution in [3.8, 4) is 0 Å². The zero-order valence-electron chi connectivity index (χ0n) is 13.5. The number of hydrazone groups is 1. The van der Waals surface area contributed by atoms with Crippen LogP contribution in [0.15, 0.2) is 59.7 Å². The molecule has 2 rings (SSSR count). The van der Waals surface area contributed by atoms with Crippen molar-refractivity contribution in [1.82, 2.24) is 5.43 Å². The van der Waals surface area contributed by atoms with Crippen LogP contribution in [0.4, 0.5) is 13.2 Å². The third-order valence-corrected chi connectivity index (χ3v) is 4.57. The lowest BCUT2D eigenvalue weighted by molar-refractivity contribution is -0.137. The Balaban J connectivity index is 1.90. The fourth-order valence-electron chi connectivity index (χ4n) is 2.00. The Morgan fingerprint density at radius 3 is 2.48 bits per heavy atom. The van der Waals surface area contributed by atoms with Gasteiger partial charge in [-0.25, -0.2) is 5.43 Å². The summed E-state index contributed by atoms with van der Waals surface area (Å²) >= 11 is 1.43. The Morgan fingerprint density at radius 2 is 1.80 bits per heavy atom. The van der Waals surface area contributed by atoms with Crippen LogP contribution >= 0.6 is 11.8 Å². The van der Waals surface area contributed by atoms with E-state index in [0.717, 1.165) is 17.8 Å². The number of carbonyl (C=O) groups is 1. The summed E-state index contributed by atoms with van der Waals surface area (Å²) in [5, 5.41) is 3.27. The zero-order valence-corrected chi connectivity index (χ0v) is 14.3. The second kappa shape index (κ2) is 8.71. The normalized spacial score (nSPS) is 13.0. The first-order valence-electron chi connectivity index (χ1n) is 7.52. The fraction of sp³-hybridized carbons (Fsp3) is 0.222. The number of alkyl halides is 3. The van der Waals surface area contributed by atoms with Crippen LogP contribution in [0.25, 0.3) is 0 Å². The molecule has 0 spiro atoms. The highest BCUT2D eigenvalue weighted by Crippen LogP contribution is 2.31. The molecule has 0 aliphatic rings. The maximum absolute atomic E-state index is 12.9. The first kappa shape index (κ1) is 19.1. The van der Waals surface area contributed by atoms with Gasteiger partial charge < -0.3 is 0 Å². The summed E-state index contributed by atoms with van der Waals surface area (Å²) in [4.78, 5) is 12.0. The predicted molar refractivity (Wildman–Crippen MR) is 94.4 cm³/mol. The van der Waals surface area contributed by atoms with Gasteiger partial charge in [0, 0.05) is 11.3 Å². The van der Waals surface area contributed by atoms with E-state index in [-0.39, 0.29) is 16.7 Å². The summed E-state index contributed by atoms with van der Waals surface area (Å²) in [7, 11) is 0. The molecule has 132 valence electrons. The molecule has 1 atom stereocenters. The molecule has 2 aromatic carbocycles. The molecule has 0 aliphatic carbocycles. The Kier molecular flexibility index (Phi) is 6.64. The average Bonchev–Trinajstić information content (AvgIpc) is 2.60. The van der Waals surface area contributed by atoms with Crippen molar-refractivity contribution < 1.29 is 18.0 Å². The Labute approximate surface area is 148 Å². The minimum Gasteiger partial charge on any atom is -0.272 e. The summed E-state index contributed by atoms with van der Waals surface area (Å²) in [6.07, 6.45) is -3.46. The number of nitrogens with zero attached hydrogens (tertiary/aromatic N) is 1. The summed E-state index contributed by atoms with van der Waals surface area (Å²) < 4.78 is 38.6. The van der Waals surface area contributed by atoms with Crippen LogP contribution in [0.5, 0.6) is 0 Å². The van der Waals surface area contributed by atoms with Crippen molar-refractivity contribution in [2.24, 2.45) is 5.10 Å². The van der Waals surface area contributed by atoms with Crippen molar-refractivity contribution >= 4 is 23.9 Å². The molecular formula is C18H17F3N2OS. The minimum absolute atomic E-state index is 0.0973. The van der Waals surface area contributed by atoms with Gasteiger partial charge in [-0.15, -0.1) is 11.8 Å². The molecule has 0 saturated heterocycles. The fourth-order valence-corrected chi connectivity index (χ4v) is 2.83. The number of hydrogen-bond donors (Lipinski definition) is 1. The highest BCUT2D eigenvalue weighted by Gasteiger charge is 2.32. The second-order valence-electron chi connectivity index (χ2n) is 5.26. The molecule has 0 bridgehead atoms. The number of benzene rings is 2. The molecule has 1 N–H and O–H groups in total. The van der Waals surface area contributed by atoms with Gasteiger partial charge >= 0.3 is 6.18 Å². The monoisotopic (exact) mass is 366 g/mol. The van der Waals surface area contributed by atoms with Gasteiger partial charge in [-0.3, -0.25) is 4.79 Å². The van der Waals surface area contributed by atoms with Gasteiger partial charge in [-0.05, 0) is 18.6 Å². The molecular weight excluding hydrogens is 349 g/mol. The lowest BCUT2D eigenvalue weighted by atomic mass is 10.1. The van der Waals surface area contributed by atoms with Gasteiger partial charge in [-0.2, -0.15) is 18.3 Å². The van der Waals surface area contributed by atoms with E-state index >= 15 is 0 Å². The number of thioether (sulfide) groups is 1. The molecule has 7 heteroatoms. The van der Waals surface area contributed by atoms with Gasteiger partial charge in [-0.1, -0.05) is 48.5 Å². The number of nitrogens with one attached hydrogen (secondary N) is 1. The summed E-state index contributed by atoms with van der Waals surface area (Å²) in [5.74, 6) is 0.303. The highest BCUT2D eigenvalue weighted by molar-refractivity contribution is 7.99. The third-order valence-electron chi connectivity index (χ3n) is 3.36. The third kappa shape index (κ3) is 5.94. The number of rotatable bonds is 6. The van der Waals surface area contributed by atoms with E-state index in [4.69, 9.17) is 0 Å². The van der Waals surface area contributed by atoms with Crippen LogP contribution < -0.4 is 5.43 Å².